The van der Waals surface area contributed by atoms with Gasteiger partial charge in [-0.25, -0.2) is 4.98 Å². The van der Waals surface area contributed by atoms with Crippen LogP contribution in [0.2, 0.25) is 0 Å². The van der Waals surface area contributed by atoms with Gasteiger partial charge in [0.2, 0.25) is 5.91 Å². The Morgan fingerprint density at radius 3 is 2.76 bits per heavy atom. The van der Waals surface area contributed by atoms with E-state index in [0.29, 0.717) is 11.3 Å². The van der Waals surface area contributed by atoms with Crippen molar-refractivity contribution in [3.8, 4) is 0 Å². The van der Waals surface area contributed by atoms with Crippen molar-refractivity contribution in [2.75, 3.05) is 0 Å². The molecule has 0 aliphatic rings. The first-order valence-corrected chi connectivity index (χ1v) is 7.05. The molecule has 0 saturated carbocycles. The molecule has 21 heavy (non-hydrogen) atoms. The summed E-state index contributed by atoms with van der Waals surface area (Å²) in [4.78, 5) is 28.1. The van der Waals surface area contributed by atoms with Crippen molar-refractivity contribution in [3.63, 3.8) is 0 Å². The van der Waals surface area contributed by atoms with Gasteiger partial charge in [0.05, 0.1) is 12.5 Å². The van der Waals surface area contributed by atoms with Gasteiger partial charge in [0.15, 0.2) is 0 Å². The second-order valence-electron chi connectivity index (χ2n) is 5.16. The van der Waals surface area contributed by atoms with E-state index >= 15 is 0 Å². The summed E-state index contributed by atoms with van der Waals surface area (Å²) in [5, 5.41) is 8.17. The standard InChI is InChI=1S/C14H21N5O2/c1-4-5-11(13-15-6-7-19(13)3)16-12(20)8-10-9(2)17-18-14(10)21/h6-7,11H,4-5,8H2,1-3H3,(H,16,20)(H2,17,18,21)/t11-/m1/s1. The predicted octanol–water partition coefficient (Wildman–Crippen LogP) is 0.945. The van der Waals surface area contributed by atoms with Crippen molar-refractivity contribution in [1.29, 1.82) is 0 Å². The van der Waals surface area contributed by atoms with Gasteiger partial charge in [-0.3, -0.25) is 14.7 Å². The van der Waals surface area contributed by atoms with Gasteiger partial charge in [-0.1, -0.05) is 13.3 Å². The summed E-state index contributed by atoms with van der Waals surface area (Å²) in [6.07, 6.45) is 5.37. The zero-order chi connectivity index (χ0) is 15.4. The third-order valence-corrected chi connectivity index (χ3v) is 3.51. The number of nitrogens with zero attached hydrogens (tertiary/aromatic N) is 2. The van der Waals surface area contributed by atoms with Crippen LogP contribution in [0.4, 0.5) is 0 Å². The molecule has 0 aliphatic carbocycles. The fourth-order valence-corrected chi connectivity index (χ4v) is 2.36. The second-order valence-corrected chi connectivity index (χ2v) is 5.16. The summed E-state index contributed by atoms with van der Waals surface area (Å²) >= 11 is 0. The zero-order valence-electron chi connectivity index (χ0n) is 12.6. The number of aromatic amines is 2. The highest BCUT2D eigenvalue weighted by molar-refractivity contribution is 5.79. The molecule has 1 atom stereocenters. The first-order chi connectivity index (χ1) is 10.0. The number of hydrogen-bond donors (Lipinski definition) is 3. The molecule has 3 N–H and O–H groups in total. The van der Waals surface area contributed by atoms with Gasteiger partial charge >= 0.3 is 0 Å². The van der Waals surface area contributed by atoms with Crippen molar-refractivity contribution < 1.29 is 4.79 Å². The Morgan fingerprint density at radius 2 is 2.24 bits per heavy atom. The average molecular weight is 291 g/mol. The molecule has 0 aromatic carbocycles. The van der Waals surface area contributed by atoms with Gasteiger partial charge in [0.25, 0.3) is 5.56 Å². The molecule has 7 nitrogen and oxygen atoms in total. The molecule has 0 radical (unpaired) electrons. The van der Waals surface area contributed by atoms with Crippen molar-refractivity contribution in [3.05, 3.63) is 39.8 Å². The second kappa shape index (κ2) is 6.43. The van der Waals surface area contributed by atoms with E-state index in [4.69, 9.17) is 0 Å². The molecule has 114 valence electrons. The van der Waals surface area contributed by atoms with Gasteiger partial charge in [-0.05, 0) is 13.3 Å². The number of carbonyl (C=O) groups is 1. The Bertz CT molecular complexity index is 667. The number of carbonyl (C=O) groups excluding carboxylic acids is 1. The summed E-state index contributed by atoms with van der Waals surface area (Å²) in [6, 6.07) is -0.138. The van der Waals surface area contributed by atoms with Crippen molar-refractivity contribution in [2.24, 2.45) is 7.05 Å². The number of imidazole rings is 1. The number of aryl methyl sites for hydroxylation is 2. The summed E-state index contributed by atoms with van der Waals surface area (Å²) in [7, 11) is 1.90. The smallest absolute Gasteiger partial charge is 0.267 e. The van der Waals surface area contributed by atoms with Gasteiger partial charge in [-0.2, -0.15) is 0 Å². The molecule has 7 heteroatoms. The van der Waals surface area contributed by atoms with Crippen LogP contribution in [0.15, 0.2) is 17.2 Å². The first kappa shape index (κ1) is 15.1. The molecule has 0 aliphatic heterocycles. The highest BCUT2D eigenvalue weighted by Gasteiger charge is 2.19. The van der Waals surface area contributed by atoms with Crippen LogP contribution in [0.5, 0.6) is 0 Å². The molecule has 2 aromatic rings. The minimum Gasteiger partial charge on any atom is -0.346 e. The number of hydrogen-bond acceptors (Lipinski definition) is 3. The fourth-order valence-electron chi connectivity index (χ4n) is 2.36. The third-order valence-electron chi connectivity index (χ3n) is 3.51. The van der Waals surface area contributed by atoms with Crippen LogP contribution in [-0.2, 0) is 18.3 Å². The molecule has 2 rings (SSSR count). The lowest BCUT2D eigenvalue weighted by atomic mass is 10.1. The van der Waals surface area contributed by atoms with Crippen molar-refractivity contribution >= 4 is 5.91 Å². The lowest BCUT2D eigenvalue weighted by Gasteiger charge is -2.17. The van der Waals surface area contributed by atoms with Crippen LogP contribution in [0.25, 0.3) is 0 Å². The minimum atomic E-state index is -0.244. The monoisotopic (exact) mass is 291 g/mol. The molecule has 0 unspecified atom stereocenters. The van der Waals surface area contributed by atoms with Gasteiger partial charge in [0.1, 0.15) is 5.82 Å². The summed E-state index contributed by atoms with van der Waals surface area (Å²) in [5.74, 6) is 0.648. The molecule has 2 aromatic heterocycles. The largest absolute Gasteiger partial charge is 0.346 e. The maximum absolute atomic E-state index is 12.2. The van der Waals surface area contributed by atoms with Crippen LogP contribution in [0, 0.1) is 6.92 Å². The molecule has 0 saturated heterocycles. The number of H-pyrrole nitrogens is 2. The average Bonchev–Trinajstić information content (AvgIpc) is 2.99. The van der Waals surface area contributed by atoms with E-state index in [9.17, 15) is 9.59 Å². The fraction of sp³-hybridized carbons (Fsp3) is 0.500. The molecular weight excluding hydrogens is 270 g/mol. The number of nitrogens with one attached hydrogen (secondary N) is 3. The topological polar surface area (TPSA) is 95.6 Å². The number of amides is 1. The van der Waals surface area contributed by atoms with Crippen LogP contribution < -0.4 is 10.9 Å². The van der Waals surface area contributed by atoms with E-state index in [0.717, 1.165) is 18.7 Å². The van der Waals surface area contributed by atoms with Crippen LogP contribution in [-0.4, -0.2) is 25.7 Å². The third kappa shape index (κ3) is 3.42. The van der Waals surface area contributed by atoms with E-state index in [2.05, 4.69) is 27.4 Å². The molecule has 0 bridgehead atoms. The first-order valence-electron chi connectivity index (χ1n) is 7.05. The highest BCUT2D eigenvalue weighted by Crippen LogP contribution is 2.16. The zero-order valence-corrected chi connectivity index (χ0v) is 12.6. The SMILES string of the molecule is CCC[C@@H](NC(=O)Cc1c(C)[nH][nH]c1=O)c1nccn1C. The van der Waals surface area contributed by atoms with Crippen molar-refractivity contribution in [1.82, 2.24) is 25.1 Å². The van der Waals surface area contributed by atoms with Crippen LogP contribution in [0.1, 0.15) is 42.9 Å². The number of aromatic nitrogens is 4. The van der Waals surface area contributed by atoms with E-state index in [1.807, 2.05) is 17.8 Å². The van der Waals surface area contributed by atoms with E-state index in [-0.39, 0.29) is 23.9 Å². The van der Waals surface area contributed by atoms with E-state index in [1.165, 1.54) is 0 Å². The van der Waals surface area contributed by atoms with E-state index < -0.39 is 0 Å². The lowest BCUT2D eigenvalue weighted by molar-refractivity contribution is -0.121. The summed E-state index contributed by atoms with van der Waals surface area (Å²) < 4.78 is 1.90. The van der Waals surface area contributed by atoms with Gasteiger partial charge < -0.3 is 15.0 Å². The summed E-state index contributed by atoms with van der Waals surface area (Å²) in [5.41, 5.74) is 0.924. The van der Waals surface area contributed by atoms with Gasteiger partial charge in [0, 0.05) is 30.7 Å². The quantitative estimate of drug-likeness (QED) is 0.739. The van der Waals surface area contributed by atoms with Crippen LogP contribution in [0.3, 0.4) is 0 Å². The maximum atomic E-state index is 12.2. The Labute approximate surface area is 122 Å². The number of rotatable bonds is 6. The predicted molar refractivity (Wildman–Crippen MR) is 78.9 cm³/mol. The lowest BCUT2D eigenvalue weighted by Crippen LogP contribution is -2.32. The Kier molecular flexibility index (Phi) is 4.62. The Hall–Kier alpha value is -2.31. The maximum Gasteiger partial charge on any atom is 0.267 e. The molecule has 0 fully saturated rings. The highest BCUT2D eigenvalue weighted by atomic mass is 16.2. The Balaban J connectivity index is 2.09. The molecule has 2 heterocycles. The summed E-state index contributed by atoms with van der Waals surface area (Å²) in [6.45, 7) is 3.83. The molecule has 1 amide bonds. The minimum absolute atomic E-state index is 0.0648. The van der Waals surface area contributed by atoms with Crippen LogP contribution >= 0.6 is 0 Å². The molecular formula is C14H21N5O2. The van der Waals surface area contributed by atoms with E-state index in [1.54, 1.807) is 13.1 Å². The Morgan fingerprint density at radius 1 is 1.48 bits per heavy atom. The van der Waals surface area contributed by atoms with Crippen molar-refractivity contribution in [2.45, 2.75) is 39.2 Å². The molecule has 0 spiro atoms. The van der Waals surface area contributed by atoms with Gasteiger partial charge in [-0.15, -0.1) is 0 Å². The normalized spacial score (nSPS) is 12.3.